The summed E-state index contributed by atoms with van der Waals surface area (Å²) in [4.78, 5) is 0. The first kappa shape index (κ1) is 15.8. The number of ether oxygens (including phenoxy) is 1. The highest BCUT2D eigenvalue weighted by molar-refractivity contribution is 7.92. The number of fused-ring (bicyclic) bond motifs is 2. The highest BCUT2D eigenvalue weighted by Gasteiger charge is 2.51. The van der Waals surface area contributed by atoms with Gasteiger partial charge in [-0.25, -0.2) is 8.42 Å². The smallest absolute Gasteiger partial charge is 0.156 e. The predicted molar refractivity (Wildman–Crippen MR) is 85.9 cm³/mol. The molecule has 2 fully saturated rings. The van der Waals surface area contributed by atoms with Crippen molar-refractivity contribution < 1.29 is 18.3 Å². The zero-order chi connectivity index (χ0) is 16.1. The van der Waals surface area contributed by atoms with Gasteiger partial charge in [0.15, 0.2) is 9.84 Å². The Morgan fingerprint density at radius 3 is 2.27 bits per heavy atom. The standard InChI is InChI=1S/C17H24O4S/c1-11-8-16(21-3)12(2)7-15(11)17(18)9-13-5-4-6-14(10-17)22(13,19)20/h7-8,13-14,18H,4-6,9-10H2,1-3H3. The van der Waals surface area contributed by atoms with Gasteiger partial charge in [0.05, 0.1) is 23.2 Å². The van der Waals surface area contributed by atoms with E-state index in [1.165, 1.54) is 0 Å². The summed E-state index contributed by atoms with van der Waals surface area (Å²) in [6, 6.07) is 3.89. The lowest BCUT2D eigenvalue weighted by Crippen LogP contribution is -2.50. The lowest BCUT2D eigenvalue weighted by molar-refractivity contribution is 0.00437. The van der Waals surface area contributed by atoms with E-state index >= 15 is 0 Å². The molecule has 1 aromatic carbocycles. The quantitative estimate of drug-likeness (QED) is 0.908. The first-order valence-electron chi connectivity index (χ1n) is 7.89. The van der Waals surface area contributed by atoms with Crippen molar-refractivity contribution in [1.82, 2.24) is 0 Å². The zero-order valence-electron chi connectivity index (χ0n) is 13.4. The Kier molecular flexibility index (Phi) is 3.76. The summed E-state index contributed by atoms with van der Waals surface area (Å²) < 4.78 is 30.2. The van der Waals surface area contributed by atoms with Crippen LogP contribution in [0.25, 0.3) is 0 Å². The molecule has 3 rings (SSSR count). The average Bonchev–Trinajstić information content (AvgIpc) is 2.43. The fraction of sp³-hybridized carbons (Fsp3) is 0.647. The van der Waals surface area contributed by atoms with Crippen molar-refractivity contribution in [2.75, 3.05) is 7.11 Å². The van der Waals surface area contributed by atoms with Crippen LogP contribution in [0.4, 0.5) is 0 Å². The van der Waals surface area contributed by atoms with E-state index in [1.807, 2.05) is 26.0 Å². The third kappa shape index (κ3) is 2.35. The fourth-order valence-electron chi connectivity index (χ4n) is 4.18. The molecule has 0 spiro atoms. The minimum atomic E-state index is -3.07. The van der Waals surface area contributed by atoms with Crippen LogP contribution in [0.2, 0.25) is 0 Å². The number of hydrogen-bond donors (Lipinski definition) is 1. The molecule has 22 heavy (non-hydrogen) atoms. The highest BCUT2D eigenvalue weighted by Crippen LogP contribution is 2.47. The van der Waals surface area contributed by atoms with E-state index in [-0.39, 0.29) is 0 Å². The van der Waals surface area contributed by atoms with Crippen LogP contribution in [-0.4, -0.2) is 31.1 Å². The van der Waals surface area contributed by atoms with Crippen molar-refractivity contribution in [2.45, 2.75) is 62.1 Å². The summed E-state index contributed by atoms with van der Waals surface area (Å²) in [7, 11) is -1.43. The molecule has 0 amide bonds. The number of rotatable bonds is 2. The molecule has 5 heteroatoms. The maximum Gasteiger partial charge on any atom is 0.156 e. The van der Waals surface area contributed by atoms with Gasteiger partial charge in [-0.05, 0) is 68.4 Å². The van der Waals surface area contributed by atoms with Gasteiger partial charge in [-0.15, -0.1) is 0 Å². The molecule has 0 aromatic heterocycles. The van der Waals surface area contributed by atoms with E-state index in [0.29, 0.717) is 25.7 Å². The molecule has 122 valence electrons. The molecule has 0 radical (unpaired) electrons. The lowest BCUT2D eigenvalue weighted by atomic mass is 9.78. The van der Waals surface area contributed by atoms with Crippen LogP contribution in [0.1, 0.15) is 48.8 Å². The summed E-state index contributed by atoms with van der Waals surface area (Å²) in [5.41, 5.74) is 1.75. The minimum Gasteiger partial charge on any atom is -0.496 e. The summed E-state index contributed by atoms with van der Waals surface area (Å²) in [5.74, 6) is 0.800. The average molecular weight is 324 g/mol. The molecule has 0 aliphatic carbocycles. The van der Waals surface area contributed by atoms with Gasteiger partial charge in [-0.2, -0.15) is 0 Å². The van der Waals surface area contributed by atoms with E-state index in [4.69, 9.17) is 4.74 Å². The van der Waals surface area contributed by atoms with E-state index in [2.05, 4.69) is 0 Å². The molecule has 2 heterocycles. The largest absolute Gasteiger partial charge is 0.496 e. The van der Waals surface area contributed by atoms with Gasteiger partial charge in [-0.1, -0.05) is 6.42 Å². The Morgan fingerprint density at radius 1 is 1.14 bits per heavy atom. The number of aryl methyl sites for hydroxylation is 2. The summed E-state index contributed by atoms with van der Waals surface area (Å²) >= 11 is 0. The molecular weight excluding hydrogens is 300 g/mol. The minimum absolute atomic E-state index is 0.318. The van der Waals surface area contributed by atoms with Crippen LogP contribution >= 0.6 is 0 Å². The van der Waals surface area contributed by atoms with Crippen LogP contribution in [0.15, 0.2) is 12.1 Å². The molecule has 0 saturated carbocycles. The predicted octanol–water partition coefficient (Wildman–Crippen LogP) is 2.63. The maximum absolute atomic E-state index is 12.4. The third-order valence-corrected chi connectivity index (χ3v) is 8.02. The Hall–Kier alpha value is -1.07. The molecule has 2 aliphatic rings. The van der Waals surface area contributed by atoms with Gasteiger partial charge in [0.25, 0.3) is 0 Å². The fourth-order valence-corrected chi connectivity index (χ4v) is 6.73. The van der Waals surface area contributed by atoms with Crippen molar-refractivity contribution in [1.29, 1.82) is 0 Å². The Bertz CT molecular complexity index is 673. The zero-order valence-corrected chi connectivity index (χ0v) is 14.2. The molecule has 1 aromatic rings. The molecule has 2 unspecified atom stereocenters. The Labute approximate surface area is 132 Å². The summed E-state index contributed by atoms with van der Waals surface area (Å²) in [5, 5.41) is 10.5. The van der Waals surface area contributed by atoms with Crippen molar-refractivity contribution >= 4 is 9.84 Å². The highest BCUT2D eigenvalue weighted by atomic mass is 32.2. The van der Waals surface area contributed by atoms with Gasteiger partial charge in [0, 0.05) is 0 Å². The molecule has 2 bridgehead atoms. The molecule has 1 N–H and O–H groups in total. The maximum atomic E-state index is 12.4. The Morgan fingerprint density at radius 2 is 1.73 bits per heavy atom. The number of hydrogen-bond acceptors (Lipinski definition) is 4. The molecule has 4 nitrogen and oxygen atoms in total. The first-order valence-corrected chi connectivity index (χ1v) is 9.49. The van der Waals surface area contributed by atoms with E-state index in [1.54, 1.807) is 7.11 Å². The second-order valence-corrected chi connectivity index (χ2v) is 9.35. The van der Waals surface area contributed by atoms with Crippen LogP contribution in [0, 0.1) is 13.8 Å². The molecule has 2 saturated heterocycles. The van der Waals surface area contributed by atoms with E-state index < -0.39 is 25.9 Å². The van der Waals surface area contributed by atoms with E-state index in [9.17, 15) is 13.5 Å². The summed E-state index contributed by atoms with van der Waals surface area (Å²) in [6.07, 6.45) is 2.94. The second kappa shape index (κ2) is 5.24. The number of aliphatic hydroxyl groups is 1. The van der Waals surface area contributed by atoms with Crippen molar-refractivity contribution in [3.63, 3.8) is 0 Å². The Balaban J connectivity index is 2.04. The number of methoxy groups -OCH3 is 1. The normalized spacial score (nSPS) is 33.5. The van der Waals surface area contributed by atoms with Gasteiger partial charge in [0.1, 0.15) is 5.75 Å². The van der Waals surface area contributed by atoms with E-state index in [0.717, 1.165) is 28.9 Å². The van der Waals surface area contributed by atoms with Gasteiger partial charge >= 0.3 is 0 Å². The third-order valence-electron chi connectivity index (χ3n) is 5.36. The summed E-state index contributed by atoms with van der Waals surface area (Å²) in [6.45, 7) is 3.90. The van der Waals surface area contributed by atoms with Gasteiger partial charge < -0.3 is 9.84 Å². The first-order chi connectivity index (χ1) is 10.3. The van der Waals surface area contributed by atoms with Crippen LogP contribution in [0.3, 0.4) is 0 Å². The van der Waals surface area contributed by atoms with Crippen molar-refractivity contribution in [2.24, 2.45) is 0 Å². The second-order valence-electron chi connectivity index (χ2n) is 6.84. The van der Waals surface area contributed by atoms with Crippen LogP contribution in [-0.2, 0) is 15.4 Å². The topological polar surface area (TPSA) is 63.6 Å². The molecule has 2 aliphatic heterocycles. The van der Waals surface area contributed by atoms with Crippen molar-refractivity contribution in [3.8, 4) is 5.75 Å². The SMILES string of the molecule is COc1cc(C)c(C2(O)CC3CCCC(C2)S3(=O)=O)cc1C. The van der Waals surface area contributed by atoms with Crippen LogP contribution < -0.4 is 4.74 Å². The number of sulfone groups is 1. The monoisotopic (exact) mass is 324 g/mol. The van der Waals surface area contributed by atoms with Crippen LogP contribution in [0.5, 0.6) is 5.75 Å². The molecule has 2 atom stereocenters. The molecular formula is C17H24O4S. The number of benzene rings is 1. The van der Waals surface area contributed by atoms with Gasteiger partial charge in [-0.3, -0.25) is 0 Å². The van der Waals surface area contributed by atoms with Crippen molar-refractivity contribution in [3.05, 3.63) is 28.8 Å². The lowest BCUT2D eigenvalue weighted by Gasteiger charge is -2.44. The van der Waals surface area contributed by atoms with Gasteiger partial charge in [0.2, 0.25) is 0 Å².